The van der Waals surface area contributed by atoms with Crippen molar-refractivity contribution in [1.82, 2.24) is 29.5 Å². The number of alkyl halides is 3. The number of aromatic nitrogens is 6. The maximum Gasteiger partial charge on any atom is 0.416 e. The van der Waals surface area contributed by atoms with Crippen LogP contribution in [0.4, 0.5) is 34.8 Å². The Morgan fingerprint density at radius 2 is 1.82 bits per heavy atom. The quantitative estimate of drug-likeness (QED) is 0.0948. The van der Waals surface area contributed by atoms with Crippen molar-refractivity contribution in [1.29, 1.82) is 0 Å². The molecule has 0 radical (unpaired) electrons. The Morgan fingerprint density at radius 3 is 2.58 bits per heavy atom. The zero-order valence-corrected chi connectivity index (χ0v) is 25.9. The predicted molar refractivity (Wildman–Crippen MR) is 164 cm³/mol. The second-order valence-corrected chi connectivity index (χ2v) is 17.2. The summed E-state index contributed by atoms with van der Waals surface area (Å²) in [6.07, 6.45) is 0.307. The minimum Gasteiger partial charge on any atom is -0.361 e. The molecule has 15 heteroatoms. The number of hydrogen-bond acceptors (Lipinski definition) is 8. The number of carbonyl (C=O) groups is 1. The third-order valence-electron chi connectivity index (χ3n) is 6.81. The molecule has 0 atom stereocenters. The van der Waals surface area contributed by atoms with Gasteiger partial charge in [-0.1, -0.05) is 25.7 Å². The molecule has 234 valence electrons. The third kappa shape index (κ3) is 7.67. The van der Waals surface area contributed by atoms with Gasteiger partial charge < -0.3 is 15.4 Å². The first-order chi connectivity index (χ1) is 21.3. The van der Waals surface area contributed by atoms with E-state index < -0.39 is 37.2 Å². The first-order valence-electron chi connectivity index (χ1n) is 13.9. The van der Waals surface area contributed by atoms with Gasteiger partial charge in [-0.2, -0.15) is 13.2 Å². The average molecular weight is 639 g/mol. The molecule has 10 nitrogen and oxygen atoms in total. The number of amides is 1. The molecule has 4 aromatic heterocycles. The first-order valence-corrected chi connectivity index (χ1v) is 17.6. The molecule has 5 rings (SSSR count). The van der Waals surface area contributed by atoms with Gasteiger partial charge in [0.15, 0.2) is 5.65 Å². The summed E-state index contributed by atoms with van der Waals surface area (Å²) < 4.78 is 61.5. The Labute approximate surface area is 257 Å². The van der Waals surface area contributed by atoms with Crippen LogP contribution in [0, 0.1) is 12.7 Å². The average Bonchev–Trinajstić information content (AvgIpc) is 3.40. The number of hydrogen-bond donors (Lipinski definition) is 2. The fourth-order valence-corrected chi connectivity index (χ4v) is 5.08. The summed E-state index contributed by atoms with van der Waals surface area (Å²) in [5.74, 6) is -1.16. The topological polar surface area (TPSA) is 120 Å². The fraction of sp³-hybridized carbons (Fsp3) is 0.267. The van der Waals surface area contributed by atoms with Crippen molar-refractivity contribution >= 4 is 42.3 Å². The Kier molecular flexibility index (Phi) is 8.93. The van der Waals surface area contributed by atoms with Crippen LogP contribution >= 0.6 is 0 Å². The molecule has 0 unspecified atom stereocenters. The largest absolute Gasteiger partial charge is 0.416 e. The summed E-state index contributed by atoms with van der Waals surface area (Å²) >= 11 is 0. The van der Waals surface area contributed by atoms with Gasteiger partial charge in [-0.3, -0.25) is 14.3 Å². The molecule has 0 aliphatic carbocycles. The molecule has 0 saturated heterocycles. The lowest BCUT2D eigenvalue weighted by Crippen LogP contribution is -2.22. The van der Waals surface area contributed by atoms with E-state index in [-0.39, 0.29) is 18.2 Å². The van der Waals surface area contributed by atoms with Gasteiger partial charge >= 0.3 is 6.18 Å². The number of halogens is 4. The highest BCUT2D eigenvalue weighted by Gasteiger charge is 2.31. The van der Waals surface area contributed by atoms with Gasteiger partial charge in [-0.15, -0.1) is 0 Å². The van der Waals surface area contributed by atoms with E-state index in [0.717, 1.165) is 30.1 Å². The zero-order valence-electron chi connectivity index (χ0n) is 24.9. The van der Waals surface area contributed by atoms with Gasteiger partial charge in [-0.25, -0.2) is 24.3 Å². The minimum atomic E-state index is -4.62. The summed E-state index contributed by atoms with van der Waals surface area (Å²) in [5.41, 5.74) is 1.74. The van der Waals surface area contributed by atoms with Crippen LogP contribution in [0.1, 0.15) is 21.6 Å². The van der Waals surface area contributed by atoms with Crippen LogP contribution in [0.2, 0.25) is 25.7 Å². The van der Waals surface area contributed by atoms with Crippen LogP contribution in [-0.4, -0.2) is 50.1 Å². The van der Waals surface area contributed by atoms with Gasteiger partial charge in [0, 0.05) is 37.8 Å². The normalized spacial score (nSPS) is 12.0. The lowest BCUT2D eigenvalue weighted by atomic mass is 10.1. The molecular formula is C30H30F4N8O2Si. The number of nitrogens with one attached hydrogen (secondary N) is 2. The van der Waals surface area contributed by atoms with E-state index in [1.54, 1.807) is 36.0 Å². The van der Waals surface area contributed by atoms with E-state index in [1.807, 2.05) is 0 Å². The molecule has 0 spiro atoms. The molecule has 1 amide bonds. The fourth-order valence-electron chi connectivity index (χ4n) is 4.32. The molecular weight excluding hydrogens is 608 g/mol. The number of imidazole rings is 1. The van der Waals surface area contributed by atoms with Crippen LogP contribution in [0.3, 0.4) is 0 Å². The van der Waals surface area contributed by atoms with Crippen LogP contribution in [0.5, 0.6) is 0 Å². The lowest BCUT2D eigenvalue weighted by Gasteiger charge is -2.15. The summed E-state index contributed by atoms with van der Waals surface area (Å²) in [7, 11) is -1.26. The lowest BCUT2D eigenvalue weighted by molar-refractivity contribution is -0.137. The van der Waals surface area contributed by atoms with Crippen LogP contribution < -0.4 is 10.6 Å². The second kappa shape index (κ2) is 12.7. The smallest absolute Gasteiger partial charge is 0.361 e. The third-order valence-corrected chi connectivity index (χ3v) is 8.51. The zero-order chi connectivity index (χ0) is 32.4. The summed E-state index contributed by atoms with van der Waals surface area (Å²) in [6.45, 7) is 9.48. The maximum atomic E-state index is 14.5. The van der Waals surface area contributed by atoms with Crippen molar-refractivity contribution in [2.45, 2.75) is 45.5 Å². The van der Waals surface area contributed by atoms with E-state index in [4.69, 9.17) is 4.74 Å². The SMILES string of the molecule is Cc1ccc(NC(=O)c2cc(C(F)(F)F)ccn2)cc1Nc1ncc(F)cc1-c1ncnc2c1ncn2COCC[Si](C)(C)C. The van der Waals surface area contributed by atoms with Crippen molar-refractivity contribution < 1.29 is 27.1 Å². The van der Waals surface area contributed by atoms with E-state index in [2.05, 4.69) is 55.2 Å². The number of nitrogens with zero attached hydrogens (tertiary/aromatic N) is 6. The number of ether oxygens (including phenoxy) is 1. The number of aryl methyl sites for hydroxylation is 1. The number of carbonyl (C=O) groups excluding carboxylic acids is 1. The van der Waals surface area contributed by atoms with E-state index >= 15 is 0 Å². The van der Waals surface area contributed by atoms with Crippen LogP contribution in [-0.2, 0) is 17.6 Å². The number of rotatable bonds is 10. The molecule has 45 heavy (non-hydrogen) atoms. The molecule has 0 aliphatic rings. The van der Waals surface area contributed by atoms with E-state index in [1.165, 1.54) is 12.4 Å². The standard InChI is InChI=1S/C30H30F4N8O2Si/c1-18-5-6-21(40-29(43)24-11-19(7-8-35-24)30(32,33)34)13-23(18)41-27-22(12-20(31)14-36-27)25-26-28(38-15-37-25)42(16-39-26)17-44-9-10-45(2,3)4/h5-8,11-16H,9-10,17H2,1-4H3,(H,36,41)(H,40,43). The molecule has 2 N–H and O–H groups in total. The van der Waals surface area contributed by atoms with Crippen molar-refractivity contribution in [3.63, 3.8) is 0 Å². The molecule has 4 heterocycles. The predicted octanol–water partition coefficient (Wildman–Crippen LogP) is 7.06. The molecule has 5 aromatic rings. The maximum absolute atomic E-state index is 14.5. The van der Waals surface area contributed by atoms with Crippen molar-refractivity contribution in [3.8, 4) is 11.3 Å². The molecule has 0 fully saturated rings. The Morgan fingerprint density at radius 1 is 1.02 bits per heavy atom. The van der Waals surface area contributed by atoms with Gasteiger partial charge in [0.1, 0.15) is 41.6 Å². The van der Waals surface area contributed by atoms with E-state index in [9.17, 15) is 22.4 Å². The van der Waals surface area contributed by atoms with Crippen molar-refractivity contribution in [3.05, 3.63) is 84.1 Å². The van der Waals surface area contributed by atoms with Gasteiger partial charge in [0.05, 0.1) is 18.1 Å². The van der Waals surface area contributed by atoms with Gasteiger partial charge in [0.2, 0.25) is 0 Å². The summed E-state index contributed by atoms with van der Waals surface area (Å²) in [6, 6.07) is 8.64. The molecule has 0 saturated carbocycles. The van der Waals surface area contributed by atoms with Crippen LogP contribution in [0.15, 0.2) is 61.4 Å². The summed E-state index contributed by atoms with van der Waals surface area (Å²) in [5, 5.41) is 5.74. The molecule has 0 aliphatic heterocycles. The number of fused-ring (bicyclic) bond motifs is 1. The highest BCUT2D eigenvalue weighted by Crippen LogP contribution is 2.34. The first kappa shape index (κ1) is 31.7. The number of benzene rings is 1. The monoisotopic (exact) mass is 638 g/mol. The number of anilines is 3. The second-order valence-electron chi connectivity index (χ2n) is 11.5. The van der Waals surface area contributed by atoms with Gasteiger partial charge in [-0.05, 0) is 48.9 Å². The Hall–Kier alpha value is -4.76. The minimum absolute atomic E-state index is 0.248. The van der Waals surface area contributed by atoms with Crippen molar-refractivity contribution in [2.24, 2.45) is 0 Å². The van der Waals surface area contributed by atoms with E-state index in [0.29, 0.717) is 40.8 Å². The highest BCUT2D eigenvalue weighted by atomic mass is 28.3. The van der Waals surface area contributed by atoms with Gasteiger partial charge in [0.25, 0.3) is 5.91 Å². The molecule has 0 bridgehead atoms. The number of pyridine rings is 2. The Bertz CT molecular complexity index is 1860. The Balaban J connectivity index is 1.40. The van der Waals surface area contributed by atoms with Crippen molar-refractivity contribution in [2.75, 3.05) is 17.2 Å². The highest BCUT2D eigenvalue weighted by molar-refractivity contribution is 6.76. The van der Waals surface area contributed by atoms with Crippen LogP contribution in [0.25, 0.3) is 22.4 Å². The molecule has 1 aromatic carbocycles. The summed E-state index contributed by atoms with van der Waals surface area (Å²) in [4.78, 5) is 34.0.